The van der Waals surface area contributed by atoms with Crippen molar-refractivity contribution in [1.82, 2.24) is 15.0 Å². The number of aromatic nitrogens is 3. The van der Waals surface area contributed by atoms with Crippen molar-refractivity contribution in [3.8, 4) is 11.5 Å². The number of pyridine rings is 1. The van der Waals surface area contributed by atoms with E-state index in [1.807, 2.05) is 12.1 Å². The van der Waals surface area contributed by atoms with Crippen LogP contribution in [0.3, 0.4) is 0 Å². The van der Waals surface area contributed by atoms with Gasteiger partial charge >= 0.3 is 0 Å². The maximum Gasteiger partial charge on any atom is 0.155 e. The Kier molecular flexibility index (Phi) is 2.77. The number of nitrogens with one attached hydrogen (secondary N) is 1. The van der Waals surface area contributed by atoms with Crippen LogP contribution in [-0.4, -0.2) is 20.8 Å². The molecular weight excluding hydrogens is 202 g/mol. The van der Waals surface area contributed by atoms with Gasteiger partial charge in [-0.05, 0) is 12.1 Å². The van der Waals surface area contributed by atoms with Crippen LogP contribution in [-0.2, 0) is 0 Å². The molecule has 80 valence electrons. The minimum atomic E-state index is 0.336. The lowest BCUT2D eigenvalue weighted by atomic mass is 10.3. The van der Waals surface area contributed by atoms with Gasteiger partial charge in [0.2, 0.25) is 0 Å². The van der Waals surface area contributed by atoms with Gasteiger partial charge in [0.1, 0.15) is 17.2 Å². The maximum atomic E-state index is 5.71. The first-order chi connectivity index (χ1) is 7.81. The maximum absolute atomic E-state index is 5.71. The predicted molar refractivity (Wildman–Crippen MR) is 62.7 cm³/mol. The van der Waals surface area contributed by atoms with Crippen LogP contribution in [0.5, 0.6) is 0 Å². The summed E-state index contributed by atoms with van der Waals surface area (Å²) in [6, 6.07) is 5.49. The van der Waals surface area contributed by atoms with Crippen LogP contribution in [0.1, 0.15) is 5.69 Å². The van der Waals surface area contributed by atoms with Crippen molar-refractivity contribution in [2.75, 3.05) is 0 Å². The van der Waals surface area contributed by atoms with Crippen LogP contribution in [0.25, 0.3) is 11.5 Å². The quantitative estimate of drug-likeness (QED) is 0.596. The van der Waals surface area contributed by atoms with Gasteiger partial charge < -0.3 is 10.7 Å². The van der Waals surface area contributed by atoms with Crippen LogP contribution < -0.4 is 5.73 Å². The molecule has 0 atom stereocenters. The molecule has 0 aliphatic carbocycles. The fourth-order valence-electron chi connectivity index (χ4n) is 1.28. The molecule has 0 unspecified atom stereocenters. The molecule has 2 heterocycles. The number of aromatic amines is 1. The van der Waals surface area contributed by atoms with Gasteiger partial charge in [0.15, 0.2) is 5.82 Å². The van der Waals surface area contributed by atoms with Crippen LogP contribution in [0.4, 0.5) is 0 Å². The summed E-state index contributed by atoms with van der Waals surface area (Å²) in [5.41, 5.74) is 7.05. The van der Waals surface area contributed by atoms with Gasteiger partial charge in [0.05, 0.1) is 0 Å². The smallest absolute Gasteiger partial charge is 0.155 e. The summed E-state index contributed by atoms with van der Waals surface area (Å²) in [4.78, 5) is 15.3. The van der Waals surface area contributed by atoms with Crippen molar-refractivity contribution in [2.45, 2.75) is 0 Å². The summed E-state index contributed by atoms with van der Waals surface area (Å²) in [5, 5.41) is 0. The first-order valence-electron chi connectivity index (χ1n) is 4.72. The molecule has 5 heteroatoms. The average molecular weight is 213 g/mol. The summed E-state index contributed by atoms with van der Waals surface area (Å²) in [5.74, 6) is 1.04. The molecule has 0 aliphatic heterocycles. The van der Waals surface area contributed by atoms with E-state index in [1.165, 1.54) is 6.20 Å². The topological polar surface area (TPSA) is 80.0 Å². The van der Waals surface area contributed by atoms with E-state index in [9.17, 15) is 0 Å². The van der Waals surface area contributed by atoms with E-state index in [-0.39, 0.29) is 0 Å². The Labute approximate surface area is 92.8 Å². The van der Waals surface area contributed by atoms with E-state index in [1.54, 1.807) is 18.5 Å². The highest BCUT2D eigenvalue weighted by atomic mass is 14.9. The number of imidazole rings is 1. The highest BCUT2D eigenvalue weighted by Crippen LogP contribution is 2.11. The van der Waals surface area contributed by atoms with E-state index >= 15 is 0 Å². The molecule has 0 saturated heterocycles. The Bertz CT molecular complexity index is 513. The first-order valence-corrected chi connectivity index (χ1v) is 4.72. The van der Waals surface area contributed by atoms with Crippen molar-refractivity contribution < 1.29 is 0 Å². The zero-order valence-electron chi connectivity index (χ0n) is 8.59. The third-order valence-corrected chi connectivity index (χ3v) is 1.98. The number of rotatable bonds is 3. The van der Waals surface area contributed by atoms with Gasteiger partial charge in [-0.25, -0.2) is 15.0 Å². The van der Waals surface area contributed by atoms with E-state index in [2.05, 4.69) is 26.5 Å². The van der Waals surface area contributed by atoms with Crippen LogP contribution in [0, 0.1) is 0 Å². The van der Waals surface area contributed by atoms with Gasteiger partial charge in [-0.3, -0.25) is 0 Å². The SMILES string of the molecule is C=C/N=C(\N)c1cccc(-c2ncc[nH]2)n1. The standard InChI is InChI=1S/C11H11N5/c1-2-13-10(12)8-4-3-5-9(16-8)11-14-6-7-15-11/h2-7H,1H2,(H2,12,13)(H,14,15). The summed E-state index contributed by atoms with van der Waals surface area (Å²) in [6.07, 6.45) is 4.80. The number of nitrogens with zero attached hydrogens (tertiary/aromatic N) is 3. The number of H-pyrrole nitrogens is 1. The summed E-state index contributed by atoms with van der Waals surface area (Å²) < 4.78 is 0. The lowest BCUT2D eigenvalue weighted by molar-refractivity contribution is 1.20. The molecule has 0 aliphatic rings. The molecule has 16 heavy (non-hydrogen) atoms. The minimum absolute atomic E-state index is 0.336. The molecule has 0 amide bonds. The third-order valence-electron chi connectivity index (χ3n) is 1.98. The fraction of sp³-hybridized carbons (Fsp3) is 0. The molecule has 2 rings (SSSR count). The number of aliphatic imine (C=N–C) groups is 1. The summed E-state index contributed by atoms with van der Waals surface area (Å²) in [7, 11) is 0. The molecule has 0 spiro atoms. The van der Waals surface area contributed by atoms with E-state index in [0.29, 0.717) is 17.4 Å². The molecule has 0 aromatic carbocycles. The van der Waals surface area contributed by atoms with E-state index < -0.39 is 0 Å². The van der Waals surface area contributed by atoms with Crippen LogP contribution >= 0.6 is 0 Å². The monoisotopic (exact) mass is 213 g/mol. The van der Waals surface area contributed by atoms with E-state index in [0.717, 1.165) is 5.69 Å². The Morgan fingerprint density at radius 2 is 2.38 bits per heavy atom. The predicted octanol–water partition coefficient (Wildman–Crippen LogP) is 1.32. The van der Waals surface area contributed by atoms with Gasteiger partial charge in [0.25, 0.3) is 0 Å². The third kappa shape index (κ3) is 1.98. The molecule has 0 fully saturated rings. The zero-order valence-corrected chi connectivity index (χ0v) is 8.59. The van der Waals surface area contributed by atoms with Crippen molar-refractivity contribution >= 4 is 5.84 Å². The number of hydrogen-bond donors (Lipinski definition) is 2. The second kappa shape index (κ2) is 4.39. The largest absolute Gasteiger partial charge is 0.382 e. The van der Waals surface area contributed by atoms with Crippen molar-refractivity contribution in [3.05, 3.63) is 49.1 Å². The van der Waals surface area contributed by atoms with Gasteiger partial charge in [-0.15, -0.1) is 0 Å². The Morgan fingerprint density at radius 3 is 3.06 bits per heavy atom. The molecule has 0 radical (unpaired) electrons. The lowest BCUT2D eigenvalue weighted by Crippen LogP contribution is -2.14. The summed E-state index contributed by atoms with van der Waals surface area (Å²) in [6.45, 7) is 3.48. The highest BCUT2D eigenvalue weighted by Gasteiger charge is 2.04. The molecule has 0 bridgehead atoms. The first kappa shape index (κ1) is 10.1. The number of nitrogens with two attached hydrogens (primary N) is 1. The Morgan fingerprint density at radius 1 is 1.50 bits per heavy atom. The van der Waals surface area contributed by atoms with E-state index in [4.69, 9.17) is 5.73 Å². The van der Waals surface area contributed by atoms with Gasteiger partial charge in [0, 0.05) is 18.6 Å². The van der Waals surface area contributed by atoms with Crippen molar-refractivity contribution in [3.63, 3.8) is 0 Å². The molecule has 0 saturated carbocycles. The van der Waals surface area contributed by atoms with Crippen LogP contribution in [0.15, 0.2) is 48.4 Å². The molecule has 3 N–H and O–H groups in total. The van der Waals surface area contributed by atoms with Crippen molar-refractivity contribution in [2.24, 2.45) is 10.7 Å². The summed E-state index contributed by atoms with van der Waals surface area (Å²) >= 11 is 0. The molecule has 2 aromatic rings. The Hall–Kier alpha value is -2.43. The van der Waals surface area contributed by atoms with Crippen molar-refractivity contribution in [1.29, 1.82) is 0 Å². The minimum Gasteiger partial charge on any atom is -0.382 e. The highest BCUT2D eigenvalue weighted by molar-refractivity contribution is 5.96. The fourth-order valence-corrected chi connectivity index (χ4v) is 1.28. The average Bonchev–Trinajstić information content (AvgIpc) is 2.83. The number of hydrogen-bond acceptors (Lipinski definition) is 3. The second-order valence-corrected chi connectivity index (χ2v) is 3.04. The van der Waals surface area contributed by atoms with Gasteiger partial charge in [-0.1, -0.05) is 12.6 Å². The molecular formula is C11H11N5. The molecule has 2 aromatic heterocycles. The number of amidine groups is 1. The van der Waals surface area contributed by atoms with Gasteiger partial charge in [-0.2, -0.15) is 0 Å². The second-order valence-electron chi connectivity index (χ2n) is 3.04. The van der Waals surface area contributed by atoms with Crippen LogP contribution in [0.2, 0.25) is 0 Å². The molecule has 5 nitrogen and oxygen atoms in total. The normalized spacial score (nSPS) is 11.4. The lowest BCUT2D eigenvalue weighted by Gasteiger charge is -2.01. The zero-order chi connectivity index (χ0) is 11.4. The Balaban J connectivity index is 2.41.